The molecule has 0 heterocycles. The van der Waals surface area contributed by atoms with Gasteiger partial charge in [0.15, 0.2) is 5.60 Å². The topological polar surface area (TPSA) is 79.2 Å². The molecule has 176 valence electrons. The molecule has 1 amide bonds. The number of hydrogen-bond donors (Lipinski definition) is 1. The van der Waals surface area contributed by atoms with Gasteiger partial charge in [0.05, 0.1) is 18.1 Å². The molecular formula is C27H33ClN2O3. The molecule has 2 unspecified atom stereocenters. The van der Waals surface area contributed by atoms with Crippen LogP contribution in [0.1, 0.15) is 70.6 Å². The van der Waals surface area contributed by atoms with E-state index in [1.165, 1.54) is 0 Å². The second kappa shape index (κ2) is 10.9. The molecule has 2 aromatic rings. The van der Waals surface area contributed by atoms with Crippen molar-refractivity contribution in [1.82, 2.24) is 5.32 Å². The van der Waals surface area contributed by atoms with E-state index in [9.17, 15) is 14.9 Å². The van der Waals surface area contributed by atoms with Gasteiger partial charge in [-0.05, 0) is 68.0 Å². The van der Waals surface area contributed by atoms with Crippen LogP contribution in [0.4, 0.5) is 0 Å². The molecule has 0 aliphatic carbocycles. The number of rotatable bonds is 8. The molecule has 0 spiro atoms. The van der Waals surface area contributed by atoms with Gasteiger partial charge in [-0.1, -0.05) is 56.6 Å². The quantitative estimate of drug-likeness (QED) is 0.496. The fraction of sp³-hybridized carbons (Fsp3) is 0.444. The third-order valence-electron chi connectivity index (χ3n) is 5.37. The Labute approximate surface area is 202 Å². The molecule has 6 heteroatoms. The lowest BCUT2D eigenvalue weighted by molar-refractivity contribution is -0.166. The van der Waals surface area contributed by atoms with E-state index in [1.807, 2.05) is 70.2 Å². The highest BCUT2D eigenvalue weighted by Gasteiger charge is 2.35. The van der Waals surface area contributed by atoms with E-state index < -0.39 is 11.6 Å². The minimum absolute atomic E-state index is 0.107. The van der Waals surface area contributed by atoms with E-state index in [0.29, 0.717) is 17.0 Å². The second-order valence-electron chi connectivity index (χ2n) is 10.2. The molecule has 0 bridgehead atoms. The highest BCUT2D eigenvalue weighted by atomic mass is 35.5. The van der Waals surface area contributed by atoms with Gasteiger partial charge < -0.3 is 10.1 Å². The monoisotopic (exact) mass is 468 g/mol. The molecule has 0 radical (unpaired) electrons. The van der Waals surface area contributed by atoms with Crippen molar-refractivity contribution in [3.05, 3.63) is 70.2 Å². The van der Waals surface area contributed by atoms with E-state index in [1.54, 1.807) is 19.9 Å². The van der Waals surface area contributed by atoms with Crippen LogP contribution in [0.15, 0.2) is 48.5 Å². The van der Waals surface area contributed by atoms with Gasteiger partial charge in [0.25, 0.3) is 5.91 Å². The number of hydrogen-bond acceptors (Lipinski definition) is 4. The van der Waals surface area contributed by atoms with Crippen molar-refractivity contribution in [2.75, 3.05) is 0 Å². The summed E-state index contributed by atoms with van der Waals surface area (Å²) in [6.45, 7) is 10.9. The number of carbonyl (C=O) groups excluding carboxylic acids is 2. The fourth-order valence-corrected chi connectivity index (χ4v) is 3.70. The summed E-state index contributed by atoms with van der Waals surface area (Å²) in [5, 5.41) is 13.0. The van der Waals surface area contributed by atoms with Crippen LogP contribution in [-0.2, 0) is 20.7 Å². The Bertz CT molecular complexity index is 1020. The Hall–Kier alpha value is -2.84. The Morgan fingerprint density at radius 2 is 1.73 bits per heavy atom. The Morgan fingerprint density at radius 1 is 1.09 bits per heavy atom. The minimum Gasteiger partial charge on any atom is -0.450 e. The summed E-state index contributed by atoms with van der Waals surface area (Å²) in [5.41, 5.74) is 1.02. The van der Waals surface area contributed by atoms with E-state index in [2.05, 4.69) is 11.4 Å². The summed E-state index contributed by atoms with van der Waals surface area (Å²) in [6.07, 6.45) is 0.858. The smallest absolute Gasteiger partial charge is 0.307 e. The zero-order valence-corrected chi connectivity index (χ0v) is 21.0. The lowest BCUT2D eigenvalue weighted by Gasteiger charge is -2.31. The van der Waals surface area contributed by atoms with Crippen molar-refractivity contribution in [2.45, 2.75) is 71.9 Å². The first-order valence-corrected chi connectivity index (χ1v) is 11.5. The molecule has 1 N–H and O–H groups in total. The third kappa shape index (κ3) is 8.22. The average molecular weight is 469 g/mol. The van der Waals surface area contributed by atoms with Crippen LogP contribution in [0.3, 0.4) is 0 Å². The van der Waals surface area contributed by atoms with Crippen molar-refractivity contribution in [3.63, 3.8) is 0 Å². The number of nitrogens with zero attached hydrogens (tertiary/aromatic N) is 1. The number of nitrogens with one attached hydrogen (secondary N) is 1. The zero-order chi connectivity index (χ0) is 24.8. The predicted octanol–water partition coefficient (Wildman–Crippen LogP) is 5.80. The fourth-order valence-electron chi connectivity index (χ4n) is 3.58. The molecule has 33 heavy (non-hydrogen) atoms. The Kier molecular flexibility index (Phi) is 8.69. The van der Waals surface area contributed by atoms with E-state index in [0.717, 1.165) is 11.1 Å². The summed E-state index contributed by atoms with van der Waals surface area (Å²) in [5.74, 6) is -0.881. The van der Waals surface area contributed by atoms with Crippen LogP contribution >= 0.6 is 11.6 Å². The summed E-state index contributed by atoms with van der Waals surface area (Å²) in [6, 6.07) is 16.9. The Balaban J connectivity index is 2.23. The molecule has 0 fully saturated rings. The maximum absolute atomic E-state index is 13.1. The van der Waals surface area contributed by atoms with Crippen molar-refractivity contribution < 1.29 is 14.3 Å². The first kappa shape index (κ1) is 26.4. The lowest BCUT2D eigenvalue weighted by atomic mass is 9.85. The molecule has 0 saturated carbocycles. The molecule has 0 aliphatic rings. The van der Waals surface area contributed by atoms with Crippen LogP contribution in [0.2, 0.25) is 5.02 Å². The number of benzene rings is 2. The number of carbonyl (C=O) groups is 2. The van der Waals surface area contributed by atoms with Crippen molar-refractivity contribution in [2.24, 2.45) is 5.41 Å². The second-order valence-corrected chi connectivity index (χ2v) is 10.6. The van der Waals surface area contributed by atoms with Gasteiger partial charge in [0.2, 0.25) is 0 Å². The van der Waals surface area contributed by atoms with E-state index in [-0.39, 0.29) is 29.7 Å². The van der Waals surface area contributed by atoms with E-state index in [4.69, 9.17) is 16.3 Å². The number of ether oxygens (including phenoxy) is 1. The van der Waals surface area contributed by atoms with Gasteiger partial charge in [0, 0.05) is 17.0 Å². The van der Waals surface area contributed by atoms with Crippen LogP contribution in [-0.4, -0.2) is 23.5 Å². The Morgan fingerprint density at radius 3 is 2.30 bits per heavy atom. The normalized spacial score (nSPS) is 13.5. The van der Waals surface area contributed by atoms with Gasteiger partial charge in [-0.15, -0.1) is 0 Å². The molecular weight excluding hydrogens is 436 g/mol. The molecule has 0 aliphatic heterocycles. The summed E-state index contributed by atoms with van der Waals surface area (Å²) >= 11 is 6.03. The standard InChI is InChI=1S/C27H33ClN2O3/c1-18(30-25(32)27(5,6)33-24(31)16-26(2,3)4)23(15-19-10-12-22(28)13-11-19)21-9-7-8-20(14-21)17-29/h7-14,18,23H,15-16H2,1-6H3,(H,30,32). The largest absolute Gasteiger partial charge is 0.450 e. The molecule has 2 aromatic carbocycles. The minimum atomic E-state index is -1.31. The van der Waals surface area contributed by atoms with Gasteiger partial charge in [-0.25, -0.2) is 0 Å². The van der Waals surface area contributed by atoms with E-state index >= 15 is 0 Å². The van der Waals surface area contributed by atoms with Crippen LogP contribution in [0, 0.1) is 16.7 Å². The number of nitriles is 1. The summed E-state index contributed by atoms with van der Waals surface area (Å²) < 4.78 is 5.52. The molecule has 0 saturated heterocycles. The number of halogens is 1. The van der Waals surface area contributed by atoms with Crippen molar-refractivity contribution in [1.29, 1.82) is 5.26 Å². The van der Waals surface area contributed by atoms with Crippen LogP contribution < -0.4 is 5.32 Å². The number of amides is 1. The lowest BCUT2D eigenvalue weighted by Crippen LogP contribution is -2.50. The first-order chi connectivity index (χ1) is 15.3. The molecule has 5 nitrogen and oxygen atoms in total. The SMILES string of the molecule is CC(NC(=O)C(C)(C)OC(=O)CC(C)(C)C)C(Cc1ccc(Cl)cc1)c1cccc(C#N)c1. The van der Waals surface area contributed by atoms with Gasteiger partial charge >= 0.3 is 5.97 Å². The highest BCUT2D eigenvalue weighted by molar-refractivity contribution is 6.30. The maximum atomic E-state index is 13.1. The summed E-state index contributed by atoms with van der Waals surface area (Å²) in [4.78, 5) is 25.4. The number of esters is 1. The predicted molar refractivity (Wildman–Crippen MR) is 131 cm³/mol. The summed E-state index contributed by atoms with van der Waals surface area (Å²) in [7, 11) is 0. The maximum Gasteiger partial charge on any atom is 0.307 e. The molecule has 2 rings (SSSR count). The van der Waals surface area contributed by atoms with Gasteiger partial charge in [0.1, 0.15) is 0 Å². The van der Waals surface area contributed by atoms with Gasteiger partial charge in [-0.3, -0.25) is 9.59 Å². The van der Waals surface area contributed by atoms with Crippen LogP contribution in [0.25, 0.3) is 0 Å². The van der Waals surface area contributed by atoms with Crippen molar-refractivity contribution >= 4 is 23.5 Å². The highest BCUT2D eigenvalue weighted by Crippen LogP contribution is 2.27. The average Bonchev–Trinajstić information content (AvgIpc) is 2.71. The molecule has 2 atom stereocenters. The molecule has 0 aromatic heterocycles. The zero-order valence-electron chi connectivity index (χ0n) is 20.2. The third-order valence-corrected chi connectivity index (χ3v) is 5.62. The van der Waals surface area contributed by atoms with Crippen molar-refractivity contribution in [3.8, 4) is 6.07 Å². The first-order valence-electron chi connectivity index (χ1n) is 11.1. The van der Waals surface area contributed by atoms with Crippen LogP contribution in [0.5, 0.6) is 0 Å². The van der Waals surface area contributed by atoms with Gasteiger partial charge in [-0.2, -0.15) is 5.26 Å².